The van der Waals surface area contributed by atoms with Gasteiger partial charge in [-0.2, -0.15) is 0 Å². The minimum atomic E-state index is -3.15. The lowest BCUT2D eigenvalue weighted by molar-refractivity contribution is 0.0738. The molecule has 0 saturated heterocycles. The Bertz CT molecular complexity index is 1180. The normalized spacial score (nSPS) is 27.2. The van der Waals surface area contributed by atoms with Crippen LogP contribution in [0.4, 0.5) is 0 Å². The van der Waals surface area contributed by atoms with E-state index in [-0.39, 0.29) is 35.1 Å². The molecule has 2 aliphatic carbocycles. The van der Waals surface area contributed by atoms with Crippen molar-refractivity contribution in [2.75, 3.05) is 12.0 Å². The van der Waals surface area contributed by atoms with E-state index in [9.17, 15) is 13.2 Å². The Kier molecular flexibility index (Phi) is 5.29. The van der Waals surface area contributed by atoms with Gasteiger partial charge in [-0.15, -0.1) is 0 Å². The predicted octanol–water partition coefficient (Wildman–Crippen LogP) is 4.90. The van der Waals surface area contributed by atoms with Crippen LogP contribution in [0.2, 0.25) is 5.02 Å². The number of carbonyl (C=O) groups excluding carboxylic acids is 1. The largest absolute Gasteiger partial charge is 0.348 e. The molecule has 2 bridgehead atoms. The van der Waals surface area contributed by atoms with E-state index in [4.69, 9.17) is 11.6 Å². The van der Waals surface area contributed by atoms with Crippen LogP contribution in [0.5, 0.6) is 0 Å². The molecule has 5 nitrogen and oxygen atoms in total. The molecular weight excluding hydrogens is 432 g/mol. The Balaban J connectivity index is 1.78. The van der Waals surface area contributed by atoms with Crippen LogP contribution in [0, 0.1) is 30.6 Å². The molecular formula is C24H33ClN2O3S. The van der Waals surface area contributed by atoms with Crippen molar-refractivity contribution >= 4 is 38.2 Å². The van der Waals surface area contributed by atoms with Gasteiger partial charge in [-0.1, -0.05) is 44.5 Å². The van der Waals surface area contributed by atoms with E-state index < -0.39 is 9.84 Å². The highest BCUT2D eigenvalue weighted by atomic mass is 35.5. The molecule has 1 aromatic carbocycles. The Morgan fingerprint density at radius 3 is 2.52 bits per heavy atom. The molecule has 3 atom stereocenters. The van der Waals surface area contributed by atoms with Crippen molar-refractivity contribution in [3.8, 4) is 0 Å². The highest BCUT2D eigenvalue weighted by molar-refractivity contribution is 7.90. The van der Waals surface area contributed by atoms with Gasteiger partial charge in [0.05, 0.1) is 21.9 Å². The zero-order chi connectivity index (χ0) is 22.9. The van der Waals surface area contributed by atoms with Crippen LogP contribution in [0.1, 0.15) is 61.6 Å². The van der Waals surface area contributed by atoms with Gasteiger partial charge in [-0.3, -0.25) is 4.79 Å². The van der Waals surface area contributed by atoms with Gasteiger partial charge in [-0.25, -0.2) is 8.42 Å². The molecule has 2 saturated carbocycles. The predicted molar refractivity (Wildman–Crippen MR) is 127 cm³/mol. The van der Waals surface area contributed by atoms with E-state index in [0.717, 1.165) is 35.0 Å². The number of aromatic nitrogens is 1. The monoisotopic (exact) mass is 464 g/mol. The third-order valence-electron chi connectivity index (χ3n) is 8.07. The van der Waals surface area contributed by atoms with Crippen LogP contribution < -0.4 is 5.32 Å². The van der Waals surface area contributed by atoms with Crippen molar-refractivity contribution in [2.24, 2.45) is 16.7 Å². The summed E-state index contributed by atoms with van der Waals surface area (Å²) in [4.78, 5) is 13.7. The summed E-state index contributed by atoms with van der Waals surface area (Å²) in [5.41, 5.74) is 3.19. The highest BCUT2D eigenvalue weighted by Crippen LogP contribution is 2.62. The first-order valence-electron chi connectivity index (χ1n) is 11.0. The number of benzene rings is 1. The number of halogens is 1. The van der Waals surface area contributed by atoms with E-state index in [0.29, 0.717) is 16.5 Å². The fourth-order valence-corrected chi connectivity index (χ4v) is 7.10. The number of nitrogens with zero attached hydrogens (tertiary/aromatic N) is 1. The van der Waals surface area contributed by atoms with Gasteiger partial charge in [0.1, 0.15) is 9.84 Å². The standard InChI is InChI=1S/C24H33ClN2O3S/c1-14-7-8-17-18(15(2)27(20(17)19(14)25)11-12-31(6,29)30)21(28)26-22-23(3,4)16-9-10-24(22,5)13-16/h7-8,16,22H,9-13H2,1-6H3,(H,26,28). The first kappa shape index (κ1) is 22.7. The Morgan fingerprint density at radius 1 is 1.26 bits per heavy atom. The number of carbonyl (C=O) groups is 1. The third-order valence-corrected chi connectivity index (χ3v) is 9.47. The molecule has 7 heteroatoms. The number of hydrogen-bond acceptors (Lipinski definition) is 3. The van der Waals surface area contributed by atoms with E-state index in [2.05, 4.69) is 26.1 Å². The molecule has 31 heavy (non-hydrogen) atoms. The smallest absolute Gasteiger partial charge is 0.253 e. The Labute approximate surface area is 190 Å². The van der Waals surface area contributed by atoms with Crippen molar-refractivity contribution < 1.29 is 13.2 Å². The zero-order valence-corrected chi connectivity index (χ0v) is 20.9. The SMILES string of the molecule is Cc1ccc2c(C(=O)NC3C4(C)CCC(C4)C3(C)C)c(C)n(CCS(C)(=O)=O)c2c1Cl. The van der Waals surface area contributed by atoms with Crippen LogP contribution in [0.25, 0.3) is 10.9 Å². The molecule has 170 valence electrons. The van der Waals surface area contributed by atoms with E-state index in [1.54, 1.807) is 0 Å². The molecule has 1 N–H and O–H groups in total. The van der Waals surface area contributed by atoms with Crippen LogP contribution in [0.15, 0.2) is 12.1 Å². The summed E-state index contributed by atoms with van der Waals surface area (Å²) in [7, 11) is -3.15. The van der Waals surface area contributed by atoms with Crippen LogP contribution in [0.3, 0.4) is 0 Å². The Hall–Kier alpha value is -1.53. The summed E-state index contributed by atoms with van der Waals surface area (Å²) in [5.74, 6) is 0.544. The molecule has 0 spiro atoms. The molecule has 2 fully saturated rings. The molecule has 2 aromatic rings. The lowest BCUT2D eigenvalue weighted by atomic mass is 9.68. The Morgan fingerprint density at radius 2 is 1.94 bits per heavy atom. The number of rotatable bonds is 5. The average molecular weight is 465 g/mol. The number of nitrogens with one attached hydrogen (secondary N) is 1. The maximum Gasteiger partial charge on any atom is 0.253 e. The van der Waals surface area contributed by atoms with Crippen LogP contribution in [-0.4, -0.2) is 36.9 Å². The van der Waals surface area contributed by atoms with E-state index in [1.165, 1.54) is 12.7 Å². The zero-order valence-electron chi connectivity index (χ0n) is 19.3. The number of aryl methyl sites for hydroxylation is 2. The number of hydrogen-bond donors (Lipinski definition) is 1. The maximum atomic E-state index is 13.7. The van der Waals surface area contributed by atoms with Crippen molar-refractivity contribution in [2.45, 2.75) is 66.5 Å². The second-order valence-electron chi connectivity index (χ2n) is 10.7. The average Bonchev–Trinajstić information content (AvgIpc) is 3.24. The summed E-state index contributed by atoms with van der Waals surface area (Å²) in [5, 5.41) is 4.75. The van der Waals surface area contributed by atoms with Crippen LogP contribution >= 0.6 is 11.6 Å². The minimum Gasteiger partial charge on any atom is -0.348 e. The molecule has 1 heterocycles. The lowest BCUT2D eigenvalue weighted by Crippen LogP contribution is -2.52. The van der Waals surface area contributed by atoms with Crippen molar-refractivity contribution in [1.82, 2.24) is 9.88 Å². The molecule has 2 aliphatic rings. The summed E-state index contributed by atoms with van der Waals surface area (Å²) < 4.78 is 25.6. The first-order chi connectivity index (χ1) is 14.3. The number of amides is 1. The quantitative estimate of drug-likeness (QED) is 0.684. The van der Waals surface area contributed by atoms with Gasteiger partial charge < -0.3 is 9.88 Å². The topological polar surface area (TPSA) is 68.2 Å². The molecule has 3 unspecified atom stereocenters. The maximum absolute atomic E-state index is 13.7. The second-order valence-corrected chi connectivity index (χ2v) is 13.3. The lowest BCUT2D eigenvalue weighted by Gasteiger charge is -2.43. The third kappa shape index (κ3) is 3.60. The van der Waals surface area contributed by atoms with Gasteiger partial charge in [0.25, 0.3) is 5.91 Å². The van der Waals surface area contributed by atoms with Crippen molar-refractivity contribution in [1.29, 1.82) is 0 Å². The van der Waals surface area contributed by atoms with E-state index >= 15 is 0 Å². The molecule has 1 aromatic heterocycles. The summed E-state index contributed by atoms with van der Waals surface area (Å²) in [6, 6.07) is 3.97. The second kappa shape index (κ2) is 7.24. The molecule has 0 aliphatic heterocycles. The summed E-state index contributed by atoms with van der Waals surface area (Å²) in [6.07, 6.45) is 4.76. The first-order valence-corrected chi connectivity index (χ1v) is 13.5. The fourth-order valence-electron chi connectivity index (χ4n) is 6.32. The molecule has 1 amide bonds. The van der Waals surface area contributed by atoms with Gasteiger partial charge in [0.15, 0.2) is 0 Å². The van der Waals surface area contributed by atoms with Crippen LogP contribution in [-0.2, 0) is 16.4 Å². The minimum absolute atomic E-state index is 0.00163. The van der Waals surface area contributed by atoms with Crippen molar-refractivity contribution in [3.63, 3.8) is 0 Å². The summed E-state index contributed by atoms with van der Waals surface area (Å²) >= 11 is 6.66. The fraction of sp³-hybridized carbons (Fsp3) is 0.625. The van der Waals surface area contributed by atoms with Gasteiger partial charge in [-0.05, 0) is 55.4 Å². The molecule has 4 rings (SSSR count). The van der Waals surface area contributed by atoms with E-state index in [1.807, 2.05) is 30.5 Å². The van der Waals surface area contributed by atoms with Gasteiger partial charge >= 0.3 is 0 Å². The molecule has 0 radical (unpaired) electrons. The van der Waals surface area contributed by atoms with Gasteiger partial charge in [0.2, 0.25) is 0 Å². The highest BCUT2D eigenvalue weighted by Gasteiger charge is 2.59. The van der Waals surface area contributed by atoms with Gasteiger partial charge in [0, 0.05) is 29.9 Å². The summed E-state index contributed by atoms with van der Waals surface area (Å²) in [6.45, 7) is 10.9. The number of sulfone groups is 1. The number of fused-ring (bicyclic) bond motifs is 3. The van der Waals surface area contributed by atoms with Crippen molar-refractivity contribution in [3.05, 3.63) is 34.0 Å².